The molecule has 0 saturated heterocycles. The van der Waals surface area contributed by atoms with Gasteiger partial charge in [-0.1, -0.05) is 26.8 Å². The number of hydrogen-bond donors (Lipinski definition) is 4. The first-order chi connectivity index (χ1) is 15.2. The number of urea groups is 1. The first-order valence-corrected chi connectivity index (χ1v) is 10.2. The molecule has 180 valence electrons. The van der Waals surface area contributed by atoms with Gasteiger partial charge in [0.2, 0.25) is 0 Å². The van der Waals surface area contributed by atoms with Gasteiger partial charge < -0.3 is 25.6 Å². The van der Waals surface area contributed by atoms with Gasteiger partial charge in [0.05, 0.1) is 24.9 Å². The van der Waals surface area contributed by atoms with Crippen LogP contribution in [0.15, 0.2) is 30.3 Å². The van der Waals surface area contributed by atoms with Gasteiger partial charge in [-0.2, -0.15) is 13.2 Å². The van der Waals surface area contributed by atoms with E-state index in [1.54, 1.807) is 20.8 Å². The summed E-state index contributed by atoms with van der Waals surface area (Å²) in [6.07, 6.45) is -8.66. The van der Waals surface area contributed by atoms with E-state index >= 15 is 0 Å². The topological polar surface area (TPSA) is 90.8 Å². The van der Waals surface area contributed by atoms with Gasteiger partial charge in [-0.05, 0) is 52.8 Å². The molecule has 4 N–H and O–H groups in total. The lowest BCUT2D eigenvalue weighted by atomic mass is 9.84. The molecule has 0 unspecified atom stereocenters. The van der Waals surface area contributed by atoms with E-state index in [1.165, 1.54) is 30.3 Å². The van der Waals surface area contributed by atoms with Crippen molar-refractivity contribution in [2.24, 2.45) is 0 Å². The molecule has 0 saturated carbocycles. The Morgan fingerprint density at radius 1 is 1.18 bits per heavy atom. The molecule has 1 aliphatic carbocycles. The molecule has 1 aliphatic rings. The Bertz CT molecular complexity index is 1050. The number of alkyl halides is 3. The summed E-state index contributed by atoms with van der Waals surface area (Å²) in [6, 6.07) is 5.03. The van der Waals surface area contributed by atoms with E-state index < -0.39 is 47.3 Å². The molecule has 3 atom stereocenters. The maximum absolute atomic E-state index is 13.5. The van der Waals surface area contributed by atoms with Crippen molar-refractivity contribution in [1.82, 2.24) is 5.32 Å². The smallest absolute Gasteiger partial charge is 0.418 e. The Labute approximate surface area is 188 Å². The summed E-state index contributed by atoms with van der Waals surface area (Å²) in [4.78, 5) is 12.7. The third-order valence-electron chi connectivity index (χ3n) is 5.60. The van der Waals surface area contributed by atoms with Gasteiger partial charge >= 0.3 is 12.2 Å². The van der Waals surface area contributed by atoms with Crippen LogP contribution in [0, 0.1) is 5.82 Å². The van der Waals surface area contributed by atoms with Gasteiger partial charge in [-0.3, -0.25) is 0 Å². The normalized spacial score (nSPS) is 19.1. The van der Waals surface area contributed by atoms with E-state index in [-0.39, 0.29) is 17.9 Å². The number of fused-ring (bicyclic) bond motifs is 1. The van der Waals surface area contributed by atoms with E-state index in [9.17, 15) is 32.6 Å². The molecule has 10 heteroatoms. The monoisotopic (exact) mass is 470 g/mol. The highest BCUT2D eigenvalue weighted by Gasteiger charge is 2.42. The minimum absolute atomic E-state index is 0.0724. The van der Waals surface area contributed by atoms with Gasteiger partial charge in [-0.25, -0.2) is 9.18 Å². The molecule has 33 heavy (non-hydrogen) atoms. The molecule has 0 bridgehead atoms. The van der Waals surface area contributed by atoms with E-state index in [1.807, 2.05) is 0 Å². The van der Waals surface area contributed by atoms with Crippen LogP contribution in [-0.4, -0.2) is 35.6 Å². The number of aliphatic hydroxyl groups excluding tert-OH is 2. The summed E-state index contributed by atoms with van der Waals surface area (Å²) in [5.74, 6) is -0.800. The Hall–Kier alpha value is -2.85. The molecule has 3 rings (SSSR count). The van der Waals surface area contributed by atoms with Crippen molar-refractivity contribution >= 4 is 11.7 Å². The molecule has 0 radical (unpaired) electrons. The Kier molecular flexibility index (Phi) is 6.63. The maximum atomic E-state index is 13.5. The zero-order valence-corrected chi connectivity index (χ0v) is 18.5. The summed E-state index contributed by atoms with van der Waals surface area (Å²) in [5.41, 5.74) is 0.265. The Morgan fingerprint density at radius 2 is 1.85 bits per heavy atom. The van der Waals surface area contributed by atoms with Crippen molar-refractivity contribution in [1.29, 1.82) is 0 Å². The van der Waals surface area contributed by atoms with Crippen LogP contribution in [0.5, 0.6) is 5.75 Å². The number of rotatable bonds is 4. The van der Waals surface area contributed by atoms with Crippen LogP contribution in [0.1, 0.15) is 55.2 Å². The fourth-order valence-electron chi connectivity index (χ4n) is 3.85. The van der Waals surface area contributed by atoms with E-state index in [0.717, 1.165) is 7.11 Å². The van der Waals surface area contributed by atoms with Crippen molar-refractivity contribution in [3.05, 3.63) is 58.4 Å². The number of halogens is 4. The minimum atomic E-state index is -4.95. The largest absolute Gasteiger partial charge is 0.494 e. The quantitative estimate of drug-likeness (QED) is 0.495. The fraction of sp³-hybridized carbons (Fsp3) is 0.435. The molecule has 0 aliphatic heterocycles. The summed E-state index contributed by atoms with van der Waals surface area (Å²) >= 11 is 0. The molecule has 6 nitrogen and oxygen atoms in total. The minimum Gasteiger partial charge on any atom is -0.494 e. The number of benzene rings is 2. The second-order valence-electron chi connectivity index (χ2n) is 9.04. The Balaban J connectivity index is 1.90. The third-order valence-corrected chi connectivity index (χ3v) is 5.60. The van der Waals surface area contributed by atoms with Gasteiger partial charge in [0.1, 0.15) is 11.6 Å². The number of carbonyl (C=O) groups is 1. The van der Waals surface area contributed by atoms with Crippen molar-refractivity contribution in [2.45, 2.75) is 57.0 Å². The standard InChI is InChI=1S/C23H26F4N2O4/c1-22(2,3)12-9-15(20(31)23(25,26)27)19(33-4)17(10-12)29-21(32)28-16-8-11-7-13(24)5-6-14(11)18(16)30/h5-7,9-10,16,18,20,30-31H,8H2,1-4H3,(H2,28,29,32)/t16-,18+,20+/m1/s1. The molecule has 2 aromatic rings. The molecular formula is C23H26F4N2O4. The van der Waals surface area contributed by atoms with Crippen LogP contribution in [0.3, 0.4) is 0 Å². The Morgan fingerprint density at radius 3 is 2.42 bits per heavy atom. The van der Waals surface area contributed by atoms with Gasteiger partial charge in [-0.15, -0.1) is 0 Å². The van der Waals surface area contributed by atoms with Crippen molar-refractivity contribution in [3.8, 4) is 5.75 Å². The number of amides is 2. The van der Waals surface area contributed by atoms with Gasteiger partial charge in [0.15, 0.2) is 6.10 Å². The average molecular weight is 470 g/mol. The zero-order valence-electron chi connectivity index (χ0n) is 18.5. The fourth-order valence-corrected chi connectivity index (χ4v) is 3.85. The summed E-state index contributed by atoms with van der Waals surface area (Å²) in [7, 11) is 1.13. The van der Waals surface area contributed by atoms with E-state index in [0.29, 0.717) is 16.7 Å². The lowest BCUT2D eigenvalue weighted by Crippen LogP contribution is -2.40. The predicted octanol–water partition coefficient (Wildman–Crippen LogP) is 4.51. The summed E-state index contributed by atoms with van der Waals surface area (Å²) < 4.78 is 58.5. The molecule has 2 aromatic carbocycles. The van der Waals surface area contributed by atoms with Crippen molar-refractivity contribution < 1.29 is 37.3 Å². The van der Waals surface area contributed by atoms with Crippen LogP contribution in [-0.2, 0) is 11.8 Å². The molecule has 0 heterocycles. The van der Waals surface area contributed by atoms with Crippen LogP contribution < -0.4 is 15.4 Å². The van der Waals surface area contributed by atoms with Gasteiger partial charge in [0.25, 0.3) is 0 Å². The van der Waals surface area contributed by atoms with Crippen LogP contribution in [0.25, 0.3) is 0 Å². The number of carbonyl (C=O) groups excluding carboxylic acids is 1. The molecule has 0 aromatic heterocycles. The van der Waals surface area contributed by atoms with Gasteiger partial charge in [0, 0.05) is 5.56 Å². The predicted molar refractivity (Wildman–Crippen MR) is 114 cm³/mol. The lowest BCUT2D eigenvalue weighted by Gasteiger charge is -2.26. The SMILES string of the molecule is COc1c(NC(=O)N[C@@H]2Cc3cc(F)ccc3[C@@H]2O)cc(C(C)(C)C)cc1[C@H](O)C(F)(F)F. The van der Waals surface area contributed by atoms with Crippen LogP contribution >= 0.6 is 0 Å². The molecular weight excluding hydrogens is 444 g/mol. The second kappa shape index (κ2) is 8.83. The number of ether oxygens (including phenoxy) is 1. The number of anilines is 1. The average Bonchev–Trinajstić information content (AvgIpc) is 2.99. The van der Waals surface area contributed by atoms with Crippen molar-refractivity contribution in [2.75, 3.05) is 12.4 Å². The second-order valence-corrected chi connectivity index (χ2v) is 9.04. The van der Waals surface area contributed by atoms with Crippen LogP contribution in [0.4, 0.5) is 28.0 Å². The lowest BCUT2D eigenvalue weighted by molar-refractivity contribution is -0.207. The number of methoxy groups -OCH3 is 1. The van der Waals surface area contributed by atoms with E-state index in [2.05, 4.69) is 10.6 Å². The number of aliphatic hydroxyl groups is 2. The molecule has 2 amide bonds. The highest BCUT2D eigenvalue weighted by molar-refractivity contribution is 5.92. The molecule has 0 spiro atoms. The summed E-state index contributed by atoms with van der Waals surface area (Å²) in [5, 5.41) is 25.4. The first-order valence-electron chi connectivity index (χ1n) is 10.2. The third kappa shape index (κ3) is 5.22. The number of nitrogens with one attached hydrogen (secondary N) is 2. The first kappa shape index (κ1) is 24.8. The maximum Gasteiger partial charge on any atom is 0.418 e. The molecule has 0 fully saturated rings. The van der Waals surface area contributed by atoms with Crippen molar-refractivity contribution in [3.63, 3.8) is 0 Å². The summed E-state index contributed by atoms with van der Waals surface area (Å²) in [6.45, 7) is 5.31. The number of hydrogen-bond acceptors (Lipinski definition) is 4. The van der Waals surface area contributed by atoms with Crippen LogP contribution in [0.2, 0.25) is 0 Å². The highest BCUT2D eigenvalue weighted by atomic mass is 19.4. The zero-order chi connectivity index (χ0) is 24.7. The van der Waals surface area contributed by atoms with E-state index in [4.69, 9.17) is 4.74 Å². The highest BCUT2D eigenvalue weighted by Crippen LogP contribution is 2.43.